The molecule has 200 valence electrons. The fraction of sp³-hybridized carbons (Fsp3) is 0.321. The summed E-state index contributed by atoms with van der Waals surface area (Å²) >= 11 is 7.65. The maximum absolute atomic E-state index is 14.0. The van der Waals surface area contributed by atoms with Gasteiger partial charge in [-0.1, -0.05) is 41.1 Å². The molecule has 1 aliphatic heterocycles. The van der Waals surface area contributed by atoms with E-state index < -0.39 is 6.04 Å². The van der Waals surface area contributed by atoms with Crippen LogP contribution in [-0.4, -0.2) is 49.8 Å². The average Bonchev–Trinajstić information content (AvgIpc) is 3.21. The molecule has 0 aliphatic carbocycles. The van der Waals surface area contributed by atoms with Crippen LogP contribution in [0.15, 0.2) is 57.5 Å². The van der Waals surface area contributed by atoms with Crippen molar-refractivity contribution in [2.24, 2.45) is 4.99 Å². The topological polar surface area (TPSA) is 82.4 Å². The van der Waals surface area contributed by atoms with E-state index in [1.165, 1.54) is 25.6 Å². The molecular weight excluding hydrogens is 526 g/mol. The molecule has 1 aromatic heterocycles. The zero-order valence-corrected chi connectivity index (χ0v) is 23.8. The summed E-state index contributed by atoms with van der Waals surface area (Å²) in [6.45, 7) is 6.74. The molecule has 4 rings (SSSR count). The van der Waals surface area contributed by atoms with E-state index in [0.717, 1.165) is 0 Å². The molecule has 1 aliphatic rings. The lowest BCUT2D eigenvalue weighted by atomic mass is 9.94. The molecule has 0 N–H and O–H groups in total. The van der Waals surface area contributed by atoms with Crippen molar-refractivity contribution in [1.29, 1.82) is 0 Å². The molecular formula is C28H30ClN3O5S. The number of thiazole rings is 1. The molecule has 10 heteroatoms. The minimum absolute atomic E-state index is 0.159. The summed E-state index contributed by atoms with van der Waals surface area (Å²) in [7, 11) is 4.61. The zero-order valence-electron chi connectivity index (χ0n) is 22.2. The maximum Gasteiger partial charge on any atom is 0.271 e. The van der Waals surface area contributed by atoms with Crippen LogP contribution in [0.5, 0.6) is 17.2 Å². The maximum atomic E-state index is 14.0. The Labute approximate surface area is 230 Å². The lowest BCUT2D eigenvalue weighted by molar-refractivity contribution is -0.127. The number of carbonyl (C=O) groups excluding carboxylic acids is 1. The van der Waals surface area contributed by atoms with Crippen molar-refractivity contribution < 1.29 is 19.0 Å². The second kappa shape index (κ2) is 11.4. The largest absolute Gasteiger partial charge is 0.496 e. The summed E-state index contributed by atoms with van der Waals surface area (Å²) in [5.41, 5.74) is 2.13. The molecule has 38 heavy (non-hydrogen) atoms. The van der Waals surface area contributed by atoms with E-state index in [0.29, 0.717) is 67.1 Å². The minimum Gasteiger partial charge on any atom is -0.496 e. The third-order valence-corrected chi connectivity index (χ3v) is 7.75. The first-order valence-electron chi connectivity index (χ1n) is 12.2. The lowest BCUT2D eigenvalue weighted by Crippen LogP contribution is -2.43. The van der Waals surface area contributed by atoms with Gasteiger partial charge in [0.05, 0.1) is 42.2 Å². The number of methoxy groups -OCH3 is 3. The van der Waals surface area contributed by atoms with Crippen molar-refractivity contribution in [2.75, 3.05) is 34.4 Å². The Morgan fingerprint density at radius 1 is 1.11 bits per heavy atom. The number of fused-ring (bicyclic) bond motifs is 1. The van der Waals surface area contributed by atoms with Gasteiger partial charge >= 0.3 is 0 Å². The standard InChI is InChI=1S/C28H30ClN3O5S/c1-7-31(8-2)27(34)23-16(3)30-28-32(24(23)18-11-9-10-12-20(18)35-4)26(33)22(38-28)15-17-13-19(29)25(37-6)21(14-17)36-5/h9-15,24H,7-8H2,1-6H3/b22-15+/t24-/m0/s1. The summed E-state index contributed by atoms with van der Waals surface area (Å²) < 4.78 is 18.4. The number of para-hydroxylation sites is 1. The Morgan fingerprint density at radius 2 is 1.79 bits per heavy atom. The van der Waals surface area contributed by atoms with E-state index in [1.807, 2.05) is 45.0 Å². The molecule has 0 bridgehead atoms. The number of likely N-dealkylation sites (N-methyl/N-ethyl adjacent to an activating group) is 1. The highest BCUT2D eigenvalue weighted by Gasteiger charge is 2.35. The van der Waals surface area contributed by atoms with E-state index in [9.17, 15) is 9.59 Å². The summed E-state index contributed by atoms with van der Waals surface area (Å²) in [4.78, 5) is 34.6. The Kier molecular flexibility index (Phi) is 8.28. The Bertz CT molecular complexity index is 1590. The van der Waals surface area contributed by atoms with Gasteiger partial charge in [-0.2, -0.15) is 0 Å². The molecule has 0 spiro atoms. The van der Waals surface area contributed by atoms with Gasteiger partial charge in [-0.15, -0.1) is 0 Å². The first-order valence-corrected chi connectivity index (χ1v) is 13.3. The Hall–Kier alpha value is -3.56. The van der Waals surface area contributed by atoms with E-state index >= 15 is 0 Å². The van der Waals surface area contributed by atoms with Crippen molar-refractivity contribution in [3.63, 3.8) is 0 Å². The van der Waals surface area contributed by atoms with Gasteiger partial charge < -0.3 is 19.1 Å². The first-order chi connectivity index (χ1) is 18.3. The SMILES string of the molecule is CCN(CC)C(=O)C1=C(C)N=c2s/c(=C/c3cc(Cl)c(OC)c(OC)c3)c(=O)n2[C@H]1c1ccccc1OC. The average molecular weight is 556 g/mol. The van der Waals surface area contributed by atoms with Crippen LogP contribution < -0.4 is 29.1 Å². The van der Waals surface area contributed by atoms with E-state index in [1.54, 1.807) is 34.8 Å². The van der Waals surface area contributed by atoms with Crippen molar-refractivity contribution in [1.82, 2.24) is 9.47 Å². The van der Waals surface area contributed by atoms with Crippen molar-refractivity contribution in [3.05, 3.63) is 83.5 Å². The van der Waals surface area contributed by atoms with Gasteiger partial charge in [-0.3, -0.25) is 14.2 Å². The fourth-order valence-electron chi connectivity index (χ4n) is 4.64. The number of allylic oxidation sites excluding steroid dienone is 1. The van der Waals surface area contributed by atoms with Crippen molar-refractivity contribution in [2.45, 2.75) is 26.8 Å². The number of rotatable bonds is 8. The minimum atomic E-state index is -0.702. The molecule has 8 nitrogen and oxygen atoms in total. The summed E-state index contributed by atoms with van der Waals surface area (Å²) in [5.74, 6) is 1.29. The molecule has 1 atom stereocenters. The van der Waals surface area contributed by atoms with Crippen molar-refractivity contribution >= 4 is 34.9 Å². The van der Waals surface area contributed by atoms with Crippen LogP contribution in [0, 0.1) is 0 Å². The summed E-state index contributed by atoms with van der Waals surface area (Å²) in [5, 5.41) is 0.362. The van der Waals surface area contributed by atoms with Gasteiger partial charge in [0.15, 0.2) is 16.3 Å². The van der Waals surface area contributed by atoms with E-state index in [4.69, 9.17) is 30.8 Å². The molecule has 0 saturated heterocycles. The third-order valence-electron chi connectivity index (χ3n) is 6.49. The number of hydrogen-bond acceptors (Lipinski definition) is 7. The highest BCUT2D eigenvalue weighted by Crippen LogP contribution is 2.37. The second-order valence-corrected chi connectivity index (χ2v) is 9.96. The number of carbonyl (C=O) groups is 1. The normalized spacial score (nSPS) is 15.1. The van der Waals surface area contributed by atoms with Gasteiger partial charge in [0.2, 0.25) is 0 Å². The predicted molar refractivity (Wildman–Crippen MR) is 149 cm³/mol. The van der Waals surface area contributed by atoms with Crippen LogP contribution in [0.1, 0.15) is 37.9 Å². The number of amides is 1. The van der Waals surface area contributed by atoms with Gasteiger partial charge in [0.1, 0.15) is 11.8 Å². The first kappa shape index (κ1) is 27.5. The molecule has 0 unspecified atom stereocenters. The number of halogens is 1. The lowest BCUT2D eigenvalue weighted by Gasteiger charge is -2.29. The Balaban J connectivity index is 1.99. The monoisotopic (exact) mass is 555 g/mol. The smallest absolute Gasteiger partial charge is 0.271 e. The molecule has 0 radical (unpaired) electrons. The highest BCUT2D eigenvalue weighted by molar-refractivity contribution is 7.07. The third kappa shape index (κ3) is 4.83. The number of hydrogen-bond donors (Lipinski definition) is 0. The summed E-state index contributed by atoms with van der Waals surface area (Å²) in [6, 6.07) is 10.2. The van der Waals surface area contributed by atoms with Crippen LogP contribution in [0.2, 0.25) is 5.02 Å². The van der Waals surface area contributed by atoms with Crippen LogP contribution in [0.4, 0.5) is 0 Å². The second-order valence-electron chi connectivity index (χ2n) is 8.54. The van der Waals surface area contributed by atoms with Gasteiger partial charge in [-0.05, 0) is 50.6 Å². The molecule has 0 saturated carbocycles. The fourth-order valence-corrected chi connectivity index (χ4v) is 5.98. The molecule has 3 aromatic rings. The van der Waals surface area contributed by atoms with Crippen LogP contribution in [0.3, 0.4) is 0 Å². The number of nitrogens with zero attached hydrogens (tertiary/aromatic N) is 3. The molecule has 1 amide bonds. The quantitative estimate of drug-likeness (QED) is 0.422. The number of aromatic nitrogens is 1. The van der Waals surface area contributed by atoms with E-state index in [-0.39, 0.29) is 11.5 Å². The summed E-state index contributed by atoms with van der Waals surface area (Å²) in [6.07, 6.45) is 1.74. The molecule has 2 heterocycles. The predicted octanol–water partition coefficient (Wildman–Crippen LogP) is 3.78. The van der Waals surface area contributed by atoms with Gasteiger partial charge in [0.25, 0.3) is 11.5 Å². The highest BCUT2D eigenvalue weighted by atomic mass is 35.5. The van der Waals surface area contributed by atoms with Gasteiger partial charge in [0, 0.05) is 18.7 Å². The number of benzene rings is 2. The molecule has 2 aromatic carbocycles. The molecule has 0 fully saturated rings. The zero-order chi connectivity index (χ0) is 27.6. The van der Waals surface area contributed by atoms with Crippen molar-refractivity contribution in [3.8, 4) is 17.2 Å². The van der Waals surface area contributed by atoms with Gasteiger partial charge in [-0.25, -0.2) is 4.99 Å². The number of ether oxygens (including phenoxy) is 3. The van der Waals surface area contributed by atoms with Crippen LogP contribution >= 0.6 is 22.9 Å². The van der Waals surface area contributed by atoms with Crippen LogP contribution in [0.25, 0.3) is 6.08 Å². The Morgan fingerprint density at radius 3 is 2.42 bits per heavy atom. The van der Waals surface area contributed by atoms with Crippen LogP contribution in [-0.2, 0) is 4.79 Å². The van der Waals surface area contributed by atoms with E-state index in [2.05, 4.69) is 0 Å².